The van der Waals surface area contributed by atoms with E-state index < -0.39 is 6.61 Å². The standard InChI is InChI=1S/C21H24F2N4O3/c1-24-21(25-12-15-11-16(29-2)7-8-18(15)30-20(22)23)26-13-19(28)27-10-9-14-5-3-4-6-17(14)27/h3-8,11,20H,9-10,12-13H2,1-2H3,(H2,24,25,26). The fraction of sp³-hybridized carbons (Fsp3) is 0.333. The van der Waals surface area contributed by atoms with Gasteiger partial charge in [0.1, 0.15) is 11.5 Å². The fourth-order valence-electron chi connectivity index (χ4n) is 3.28. The normalized spacial score (nSPS) is 13.2. The number of methoxy groups -OCH3 is 1. The maximum absolute atomic E-state index is 12.7. The van der Waals surface area contributed by atoms with Crippen LogP contribution < -0.4 is 25.0 Å². The monoisotopic (exact) mass is 418 g/mol. The van der Waals surface area contributed by atoms with E-state index >= 15 is 0 Å². The van der Waals surface area contributed by atoms with E-state index in [9.17, 15) is 13.6 Å². The zero-order chi connectivity index (χ0) is 21.5. The summed E-state index contributed by atoms with van der Waals surface area (Å²) in [5, 5.41) is 5.97. The van der Waals surface area contributed by atoms with Crippen LogP contribution in [0.2, 0.25) is 0 Å². The van der Waals surface area contributed by atoms with Crippen LogP contribution in [0.3, 0.4) is 0 Å². The molecule has 30 heavy (non-hydrogen) atoms. The van der Waals surface area contributed by atoms with E-state index in [1.54, 1.807) is 24.1 Å². The molecule has 0 radical (unpaired) electrons. The first-order valence-electron chi connectivity index (χ1n) is 9.46. The molecule has 0 saturated carbocycles. The number of ether oxygens (including phenoxy) is 2. The van der Waals surface area contributed by atoms with Gasteiger partial charge in [-0.25, -0.2) is 0 Å². The SMILES string of the molecule is CN=C(NCC(=O)N1CCc2ccccc21)NCc1cc(OC)ccc1OC(F)F. The second-order valence-corrected chi connectivity index (χ2v) is 6.56. The molecule has 0 spiro atoms. The van der Waals surface area contributed by atoms with Crippen LogP contribution in [-0.4, -0.2) is 45.7 Å². The number of carbonyl (C=O) groups is 1. The van der Waals surface area contributed by atoms with Gasteiger partial charge in [0.05, 0.1) is 13.7 Å². The van der Waals surface area contributed by atoms with E-state index in [4.69, 9.17) is 4.74 Å². The third-order valence-electron chi connectivity index (χ3n) is 4.75. The Balaban J connectivity index is 1.58. The molecule has 9 heteroatoms. The van der Waals surface area contributed by atoms with Crippen molar-refractivity contribution in [1.82, 2.24) is 10.6 Å². The number of rotatable bonds is 7. The number of nitrogens with zero attached hydrogens (tertiary/aromatic N) is 2. The molecule has 0 fully saturated rings. The van der Waals surface area contributed by atoms with Crippen LogP contribution in [0.5, 0.6) is 11.5 Å². The molecule has 1 aliphatic rings. The quantitative estimate of drug-likeness (QED) is 0.534. The maximum atomic E-state index is 12.7. The zero-order valence-electron chi connectivity index (χ0n) is 16.8. The van der Waals surface area contributed by atoms with Gasteiger partial charge in [-0.3, -0.25) is 9.79 Å². The molecule has 2 aromatic rings. The molecule has 2 aromatic carbocycles. The van der Waals surface area contributed by atoms with Gasteiger partial charge < -0.3 is 25.0 Å². The number of anilines is 1. The third-order valence-corrected chi connectivity index (χ3v) is 4.75. The van der Waals surface area contributed by atoms with Gasteiger partial charge in [-0.15, -0.1) is 0 Å². The smallest absolute Gasteiger partial charge is 0.387 e. The second-order valence-electron chi connectivity index (χ2n) is 6.56. The van der Waals surface area contributed by atoms with Crippen molar-refractivity contribution in [2.75, 3.05) is 32.1 Å². The summed E-state index contributed by atoms with van der Waals surface area (Å²) in [6.45, 7) is -2.09. The minimum Gasteiger partial charge on any atom is -0.497 e. The summed E-state index contributed by atoms with van der Waals surface area (Å²) < 4.78 is 35.0. The molecule has 2 N–H and O–H groups in total. The van der Waals surface area contributed by atoms with Gasteiger partial charge in [-0.1, -0.05) is 18.2 Å². The van der Waals surface area contributed by atoms with Crippen molar-refractivity contribution in [1.29, 1.82) is 0 Å². The molecule has 0 saturated heterocycles. The van der Waals surface area contributed by atoms with E-state index in [1.165, 1.54) is 13.2 Å². The molecule has 1 amide bonds. The van der Waals surface area contributed by atoms with Crippen molar-refractivity contribution in [3.63, 3.8) is 0 Å². The number of benzene rings is 2. The molecule has 1 aliphatic heterocycles. The molecule has 7 nitrogen and oxygen atoms in total. The van der Waals surface area contributed by atoms with Crippen LogP contribution in [-0.2, 0) is 17.8 Å². The Bertz CT molecular complexity index is 921. The highest BCUT2D eigenvalue weighted by molar-refractivity contribution is 5.98. The molecule has 3 rings (SSSR count). The highest BCUT2D eigenvalue weighted by Gasteiger charge is 2.24. The first-order valence-corrected chi connectivity index (χ1v) is 9.46. The predicted octanol–water partition coefficient (Wildman–Crippen LogP) is 2.55. The van der Waals surface area contributed by atoms with E-state index in [0.29, 0.717) is 23.8 Å². The largest absolute Gasteiger partial charge is 0.497 e. The lowest BCUT2D eigenvalue weighted by Crippen LogP contribution is -2.44. The summed E-state index contributed by atoms with van der Waals surface area (Å²) in [7, 11) is 3.05. The molecule has 0 aliphatic carbocycles. The van der Waals surface area contributed by atoms with Crippen LogP contribution >= 0.6 is 0 Å². The number of carbonyl (C=O) groups excluding carboxylic acids is 1. The lowest BCUT2D eigenvalue weighted by molar-refractivity contribution is -0.117. The van der Waals surface area contributed by atoms with E-state index in [2.05, 4.69) is 20.4 Å². The lowest BCUT2D eigenvalue weighted by atomic mass is 10.2. The minimum atomic E-state index is -2.93. The minimum absolute atomic E-state index is 0.0403. The van der Waals surface area contributed by atoms with Crippen molar-refractivity contribution >= 4 is 17.6 Å². The number of alkyl halides is 2. The molecule has 0 atom stereocenters. The Morgan fingerprint density at radius 2 is 2.03 bits per heavy atom. The highest BCUT2D eigenvalue weighted by atomic mass is 19.3. The molecular weight excluding hydrogens is 394 g/mol. The summed E-state index contributed by atoms with van der Waals surface area (Å²) >= 11 is 0. The molecular formula is C21H24F2N4O3. The topological polar surface area (TPSA) is 75.2 Å². The van der Waals surface area contributed by atoms with Crippen molar-refractivity contribution in [3.8, 4) is 11.5 Å². The van der Waals surface area contributed by atoms with E-state index in [1.807, 2.05) is 24.3 Å². The Morgan fingerprint density at radius 3 is 2.77 bits per heavy atom. The van der Waals surface area contributed by atoms with E-state index in [0.717, 1.165) is 17.7 Å². The van der Waals surface area contributed by atoms with Crippen molar-refractivity contribution in [2.24, 2.45) is 4.99 Å². The van der Waals surface area contributed by atoms with Crippen LogP contribution in [0.1, 0.15) is 11.1 Å². The molecule has 0 unspecified atom stereocenters. The third kappa shape index (κ3) is 5.16. The lowest BCUT2D eigenvalue weighted by Gasteiger charge is -2.19. The Labute approximate surface area is 173 Å². The second kappa shape index (κ2) is 9.91. The van der Waals surface area contributed by atoms with Gasteiger partial charge >= 0.3 is 6.61 Å². The Morgan fingerprint density at radius 1 is 1.23 bits per heavy atom. The van der Waals surface area contributed by atoms with Gasteiger partial charge in [-0.2, -0.15) is 8.78 Å². The van der Waals surface area contributed by atoms with Crippen LogP contribution in [0.15, 0.2) is 47.5 Å². The van der Waals surface area contributed by atoms with Crippen LogP contribution in [0.4, 0.5) is 14.5 Å². The van der Waals surface area contributed by atoms with Gasteiger partial charge in [0.15, 0.2) is 5.96 Å². The van der Waals surface area contributed by atoms with Gasteiger partial charge in [0.2, 0.25) is 5.91 Å². The number of halogens is 2. The summed E-state index contributed by atoms with van der Waals surface area (Å²) in [5.74, 6) is 0.838. The van der Waals surface area contributed by atoms with Crippen molar-refractivity contribution in [2.45, 2.75) is 19.6 Å². The predicted molar refractivity (Wildman–Crippen MR) is 110 cm³/mol. The number of hydrogen-bond donors (Lipinski definition) is 2. The average molecular weight is 418 g/mol. The zero-order valence-corrected chi connectivity index (χ0v) is 16.8. The molecule has 0 bridgehead atoms. The van der Waals surface area contributed by atoms with Crippen molar-refractivity contribution < 1.29 is 23.0 Å². The number of amides is 1. The molecule has 160 valence electrons. The number of nitrogens with one attached hydrogen (secondary N) is 2. The number of guanidine groups is 1. The number of para-hydroxylation sites is 1. The van der Waals surface area contributed by atoms with Crippen molar-refractivity contribution in [3.05, 3.63) is 53.6 Å². The summed E-state index contributed by atoms with van der Waals surface area (Å²) in [6.07, 6.45) is 0.831. The van der Waals surface area contributed by atoms with Gasteiger partial charge in [0.25, 0.3) is 0 Å². The van der Waals surface area contributed by atoms with Gasteiger partial charge in [-0.05, 0) is 36.2 Å². The first-order chi connectivity index (χ1) is 14.5. The number of aliphatic imine (C=N–C) groups is 1. The summed E-state index contributed by atoms with van der Waals surface area (Å²) in [6, 6.07) is 12.4. The van der Waals surface area contributed by atoms with Crippen LogP contribution in [0.25, 0.3) is 0 Å². The average Bonchev–Trinajstić information content (AvgIpc) is 3.18. The van der Waals surface area contributed by atoms with Gasteiger partial charge in [0, 0.05) is 31.4 Å². The van der Waals surface area contributed by atoms with E-state index in [-0.39, 0.29) is 24.7 Å². The first kappa shape index (κ1) is 21.4. The summed E-state index contributed by atoms with van der Waals surface area (Å²) in [5.41, 5.74) is 2.55. The molecule has 1 heterocycles. The fourth-order valence-corrected chi connectivity index (χ4v) is 3.28. The Kier molecular flexibility index (Phi) is 7.05. The number of hydrogen-bond acceptors (Lipinski definition) is 4. The van der Waals surface area contributed by atoms with Crippen LogP contribution in [0, 0.1) is 0 Å². The molecule has 0 aromatic heterocycles. The summed E-state index contributed by atoms with van der Waals surface area (Å²) in [4.78, 5) is 18.4. The maximum Gasteiger partial charge on any atom is 0.387 e. The Hall–Kier alpha value is -3.36. The number of fused-ring (bicyclic) bond motifs is 1. The highest BCUT2D eigenvalue weighted by Crippen LogP contribution is 2.27.